The topological polar surface area (TPSA) is 38.9 Å². The molecule has 3 nitrogen and oxygen atoms in total. The average Bonchev–Trinajstić information content (AvgIpc) is 3.81. The summed E-state index contributed by atoms with van der Waals surface area (Å²) in [5.41, 5.74) is 15.1. The zero-order chi connectivity index (χ0) is 37.1. The third-order valence-electron chi connectivity index (χ3n) is 11.4. The van der Waals surface area contributed by atoms with Crippen molar-refractivity contribution in [3.05, 3.63) is 229 Å². The average molecular weight is 715 g/mol. The first-order valence-corrected chi connectivity index (χ1v) is 19.1. The van der Waals surface area contributed by atoms with Gasteiger partial charge in [-0.2, -0.15) is 0 Å². The molecule has 2 aromatic heterocycles. The number of aromatic nitrogens is 2. The summed E-state index contributed by atoms with van der Waals surface area (Å²) < 4.78 is 6.63. The molecule has 3 heteroatoms. The number of nitrogens with zero attached hydrogens (tertiary/aromatic N) is 2. The molecule has 0 bridgehead atoms. The first-order valence-electron chi connectivity index (χ1n) is 19.1. The first-order chi connectivity index (χ1) is 27.8. The third-order valence-corrected chi connectivity index (χ3v) is 11.4. The van der Waals surface area contributed by atoms with Crippen LogP contribution in [0.1, 0.15) is 22.3 Å². The molecule has 0 unspecified atom stereocenters. The van der Waals surface area contributed by atoms with E-state index in [-0.39, 0.29) is 0 Å². The molecule has 0 atom stereocenters. The molecule has 56 heavy (non-hydrogen) atoms. The van der Waals surface area contributed by atoms with Crippen LogP contribution < -0.4 is 0 Å². The molecule has 0 spiro atoms. The van der Waals surface area contributed by atoms with E-state index in [2.05, 4.69) is 194 Å². The largest absolute Gasteiger partial charge is 0.455 e. The van der Waals surface area contributed by atoms with Gasteiger partial charge in [-0.15, -0.1) is 0 Å². The lowest BCUT2D eigenvalue weighted by Crippen LogP contribution is -2.29. The summed E-state index contributed by atoms with van der Waals surface area (Å²) >= 11 is 0. The van der Waals surface area contributed by atoms with Gasteiger partial charge in [0.25, 0.3) is 0 Å². The monoisotopic (exact) mass is 714 g/mol. The van der Waals surface area contributed by atoms with Crippen molar-refractivity contribution in [2.45, 2.75) is 5.41 Å². The smallest absolute Gasteiger partial charge is 0.160 e. The van der Waals surface area contributed by atoms with Crippen LogP contribution in [0.15, 0.2) is 211 Å². The Morgan fingerprint density at radius 2 is 0.893 bits per heavy atom. The SMILES string of the molecule is c1ccc(-c2ccccc2-c2cc(-c3cccc4c3oc3ccccc34)nc(-c3cccc4c3C(c3ccccc3)(c3ccccc3)c3ccccc3-4)n2)cc1. The molecule has 0 radical (unpaired) electrons. The molecule has 1 aliphatic carbocycles. The second kappa shape index (κ2) is 12.9. The number of para-hydroxylation sites is 2. The minimum Gasteiger partial charge on any atom is -0.455 e. The summed E-state index contributed by atoms with van der Waals surface area (Å²) in [5.74, 6) is 0.661. The molecule has 0 aliphatic heterocycles. The van der Waals surface area contributed by atoms with Gasteiger partial charge in [-0.05, 0) is 62.7 Å². The second-order valence-electron chi connectivity index (χ2n) is 14.4. The Hall–Kier alpha value is -7.36. The van der Waals surface area contributed by atoms with Crippen LogP contribution >= 0.6 is 0 Å². The van der Waals surface area contributed by atoms with E-state index in [0.717, 1.165) is 61.1 Å². The molecule has 8 aromatic carbocycles. The summed E-state index contributed by atoms with van der Waals surface area (Å²) in [6.45, 7) is 0. The van der Waals surface area contributed by atoms with Gasteiger partial charge >= 0.3 is 0 Å². The Labute approximate surface area is 325 Å². The van der Waals surface area contributed by atoms with Crippen molar-refractivity contribution < 1.29 is 4.42 Å². The van der Waals surface area contributed by atoms with Gasteiger partial charge in [0.05, 0.1) is 16.8 Å². The van der Waals surface area contributed by atoms with Crippen molar-refractivity contribution >= 4 is 21.9 Å². The summed E-state index contributed by atoms with van der Waals surface area (Å²) in [6, 6.07) is 73.1. The lowest BCUT2D eigenvalue weighted by Gasteiger charge is -2.35. The molecule has 0 saturated heterocycles. The standard InChI is InChI=1S/C53H34N2O/c1-4-18-35(19-5-1)38-24-10-11-26-40(38)47-34-48(44-30-17-29-43-41-27-13-15-33-49(41)56-51(43)44)55-52(54-47)45-31-16-28-42-39-25-12-14-32-46(39)53(50(42)45,36-20-6-2-7-21-36)37-22-8-3-9-23-37/h1-34H. The Bertz CT molecular complexity index is 3040. The van der Waals surface area contributed by atoms with Gasteiger partial charge in [-0.25, -0.2) is 9.97 Å². The number of fused-ring (bicyclic) bond motifs is 6. The fraction of sp³-hybridized carbons (Fsp3) is 0.0189. The van der Waals surface area contributed by atoms with Crippen LogP contribution in [0.4, 0.5) is 0 Å². The predicted molar refractivity (Wildman–Crippen MR) is 228 cm³/mol. The molecule has 11 rings (SSSR count). The number of hydrogen-bond donors (Lipinski definition) is 0. The van der Waals surface area contributed by atoms with Crippen LogP contribution in [0.5, 0.6) is 0 Å². The van der Waals surface area contributed by atoms with Gasteiger partial charge in [-0.3, -0.25) is 0 Å². The molecule has 0 amide bonds. The van der Waals surface area contributed by atoms with Crippen LogP contribution in [0.3, 0.4) is 0 Å². The summed E-state index contributed by atoms with van der Waals surface area (Å²) in [5, 5.41) is 2.15. The van der Waals surface area contributed by atoms with Crippen LogP contribution in [0.2, 0.25) is 0 Å². The van der Waals surface area contributed by atoms with Crippen molar-refractivity contribution in [2.75, 3.05) is 0 Å². The van der Waals surface area contributed by atoms with Crippen molar-refractivity contribution in [1.82, 2.24) is 9.97 Å². The second-order valence-corrected chi connectivity index (χ2v) is 14.4. The van der Waals surface area contributed by atoms with E-state index in [1.165, 1.54) is 33.4 Å². The molecule has 2 heterocycles. The Morgan fingerprint density at radius 1 is 0.375 bits per heavy atom. The number of benzene rings is 8. The predicted octanol–water partition coefficient (Wildman–Crippen LogP) is 13.4. The molecule has 0 N–H and O–H groups in total. The van der Waals surface area contributed by atoms with Gasteiger partial charge in [0, 0.05) is 27.5 Å². The lowest BCUT2D eigenvalue weighted by molar-refractivity contribution is 0.670. The number of furan rings is 1. The highest BCUT2D eigenvalue weighted by molar-refractivity contribution is 6.09. The summed E-state index contributed by atoms with van der Waals surface area (Å²) in [4.78, 5) is 11.1. The zero-order valence-electron chi connectivity index (χ0n) is 30.4. The van der Waals surface area contributed by atoms with E-state index in [4.69, 9.17) is 14.4 Å². The minimum atomic E-state index is -0.620. The highest BCUT2D eigenvalue weighted by atomic mass is 16.3. The van der Waals surface area contributed by atoms with Crippen molar-refractivity contribution in [3.8, 4) is 56.2 Å². The van der Waals surface area contributed by atoms with E-state index in [1.54, 1.807) is 0 Å². The Morgan fingerprint density at radius 3 is 1.64 bits per heavy atom. The highest BCUT2D eigenvalue weighted by Crippen LogP contribution is 2.58. The normalized spacial score (nSPS) is 12.8. The molecular formula is C53H34N2O. The first kappa shape index (κ1) is 32.1. The fourth-order valence-corrected chi connectivity index (χ4v) is 9.06. The number of rotatable bonds is 6. The van der Waals surface area contributed by atoms with Crippen LogP contribution in [-0.4, -0.2) is 9.97 Å². The van der Waals surface area contributed by atoms with Crippen LogP contribution in [0.25, 0.3) is 78.1 Å². The van der Waals surface area contributed by atoms with Crippen molar-refractivity contribution in [1.29, 1.82) is 0 Å². The summed E-state index contributed by atoms with van der Waals surface area (Å²) in [6.07, 6.45) is 0. The van der Waals surface area contributed by atoms with Gasteiger partial charge in [0.15, 0.2) is 5.82 Å². The van der Waals surface area contributed by atoms with Gasteiger partial charge in [0.1, 0.15) is 11.2 Å². The van der Waals surface area contributed by atoms with Gasteiger partial charge in [-0.1, -0.05) is 188 Å². The van der Waals surface area contributed by atoms with E-state index in [9.17, 15) is 0 Å². The fourth-order valence-electron chi connectivity index (χ4n) is 9.06. The summed E-state index contributed by atoms with van der Waals surface area (Å²) in [7, 11) is 0. The highest BCUT2D eigenvalue weighted by Gasteiger charge is 2.47. The molecule has 10 aromatic rings. The molecule has 262 valence electrons. The zero-order valence-corrected chi connectivity index (χ0v) is 30.4. The van der Waals surface area contributed by atoms with E-state index in [1.807, 2.05) is 12.1 Å². The minimum absolute atomic E-state index is 0.620. The number of hydrogen-bond acceptors (Lipinski definition) is 3. The molecule has 0 fully saturated rings. The van der Waals surface area contributed by atoms with Crippen LogP contribution in [-0.2, 0) is 5.41 Å². The molecular weight excluding hydrogens is 681 g/mol. The maximum absolute atomic E-state index is 6.63. The quantitative estimate of drug-likeness (QED) is 0.172. The van der Waals surface area contributed by atoms with E-state index in [0.29, 0.717) is 5.82 Å². The third kappa shape index (κ3) is 4.84. The molecule has 1 aliphatic rings. The van der Waals surface area contributed by atoms with E-state index < -0.39 is 5.41 Å². The lowest BCUT2D eigenvalue weighted by atomic mass is 9.66. The van der Waals surface area contributed by atoms with Crippen molar-refractivity contribution in [2.24, 2.45) is 0 Å². The maximum Gasteiger partial charge on any atom is 0.160 e. The van der Waals surface area contributed by atoms with E-state index >= 15 is 0 Å². The molecule has 0 saturated carbocycles. The Balaban J connectivity index is 1.25. The maximum atomic E-state index is 6.63. The van der Waals surface area contributed by atoms with Gasteiger partial charge in [0.2, 0.25) is 0 Å². The Kier molecular flexibility index (Phi) is 7.39. The van der Waals surface area contributed by atoms with Gasteiger partial charge < -0.3 is 4.42 Å². The van der Waals surface area contributed by atoms with Crippen LogP contribution in [0, 0.1) is 0 Å². The van der Waals surface area contributed by atoms with Crippen molar-refractivity contribution in [3.63, 3.8) is 0 Å².